The summed E-state index contributed by atoms with van der Waals surface area (Å²) in [6.07, 6.45) is 0.768. The molecule has 0 heterocycles. The Kier molecular flexibility index (Phi) is 10.9. The van der Waals surface area contributed by atoms with Crippen LogP contribution in [0.3, 0.4) is 0 Å². The van der Waals surface area contributed by atoms with E-state index in [0.29, 0.717) is 6.42 Å². The first-order valence-corrected chi connectivity index (χ1v) is 11.8. The summed E-state index contributed by atoms with van der Waals surface area (Å²) in [5, 5.41) is 17.1. The molecule has 0 saturated carbocycles. The van der Waals surface area contributed by atoms with Gasteiger partial charge in [0.1, 0.15) is 17.8 Å². The van der Waals surface area contributed by atoms with Crippen LogP contribution in [-0.2, 0) is 32.0 Å². The van der Waals surface area contributed by atoms with Crippen LogP contribution in [0.4, 0.5) is 0 Å². The minimum absolute atomic E-state index is 0.0653. The van der Waals surface area contributed by atoms with Crippen molar-refractivity contribution < 1.29 is 24.3 Å². The number of phenolic OH excluding ortho intramolecular Hbond substituents is 1. The lowest BCUT2D eigenvalue weighted by molar-refractivity contribution is -0.132. The van der Waals surface area contributed by atoms with E-state index in [-0.39, 0.29) is 31.1 Å². The fourth-order valence-electron chi connectivity index (χ4n) is 3.57. The summed E-state index contributed by atoms with van der Waals surface area (Å²) in [4.78, 5) is 49.7. The number of nitrogens with two attached hydrogens (primary N) is 2. The van der Waals surface area contributed by atoms with Crippen molar-refractivity contribution >= 4 is 23.6 Å². The number of hydrogen-bond acceptors (Lipinski definition) is 6. The van der Waals surface area contributed by atoms with Gasteiger partial charge >= 0.3 is 0 Å². The normalized spacial score (nSPS) is 13.3. The molecule has 36 heavy (non-hydrogen) atoms. The molecule has 0 spiro atoms. The van der Waals surface area contributed by atoms with Crippen LogP contribution >= 0.6 is 0 Å². The van der Waals surface area contributed by atoms with Gasteiger partial charge in [0.15, 0.2) is 0 Å². The van der Waals surface area contributed by atoms with Crippen LogP contribution in [0.2, 0.25) is 0 Å². The molecule has 0 saturated heterocycles. The molecule has 4 amide bonds. The second kappa shape index (κ2) is 13.8. The molecule has 2 rings (SSSR count). The van der Waals surface area contributed by atoms with Gasteiger partial charge in [-0.15, -0.1) is 0 Å². The predicted molar refractivity (Wildman–Crippen MR) is 135 cm³/mol. The summed E-state index contributed by atoms with van der Waals surface area (Å²) in [7, 11) is 0. The standard InChI is InChI=1S/C26H35N5O5/c1-16(2)12-22(26(36)31-21(24(28)34)14-17-6-4-3-5-7-17)30-23(33)15-29-25(35)20(27)13-18-8-10-19(32)11-9-18/h3-11,16,20-22,32H,12-15,27H2,1-2H3,(H2,28,34)(H,29,35)(H,30,33)(H,31,36). The van der Waals surface area contributed by atoms with Crippen LogP contribution in [0.5, 0.6) is 5.75 Å². The minimum atomic E-state index is -0.941. The molecule has 0 aliphatic rings. The lowest BCUT2D eigenvalue weighted by atomic mass is 10.0. The highest BCUT2D eigenvalue weighted by atomic mass is 16.3. The zero-order valence-corrected chi connectivity index (χ0v) is 20.6. The summed E-state index contributed by atoms with van der Waals surface area (Å²) in [5.41, 5.74) is 13.0. The summed E-state index contributed by atoms with van der Waals surface area (Å²) >= 11 is 0. The molecular weight excluding hydrogens is 462 g/mol. The van der Waals surface area contributed by atoms with Gasteiger partial charge in [0.25, 0.3) is 0 Å². The highest BCUT2D eigenvalue weighted by Gasteiger charge is 2.27. The highest BCUT2D eigenvalue weighted by molar-refractivity contribution is 5.93. The van der Waals surface area contributed by atoms with E-state index >= 15 is 0 Å². The molecule has 0 aliphatic heterocycles. The van der Waals surface area contributed by atoms with E-state index in [4.69, 9.17) is 11.5 Å². The van der Waals surface area contributed by atoms with E-state index in [1.165, 1.54) is 12.1 Å². The average Bonchev–Trinajstić information content (AvgIpc) is 2.83. The number of carbonyl (C=O) groups is 4. The maximum Gasteiger partial charge on any atom is 0.243 e. The highest BCUT2D eigenvalue weighted by Crippen LogP contribution is 2.11. The Morgan fingerprint density at radius 2 is 1.44 bits per heavy atom. The van der Waals surface area contributed by atoms with Crippen molar-refractivity contribution in [3.05, 3.63) is 65.7 Å². The molecule has 0 radical (unpaired) electrons. The lowest BCUT2D eigenvalue weighted by Crippen LogP contribution is -2.55. The molecule has 194 valence electrons. The van der Waals surface area contributed by atoms with E-state index in [1.807, 2.05) is 44.2 Å². The smallest absolute Gasteiger partial charge is 0.243 e. The van der Waals surface area contributed by atoms with E-state index < -0.39 is 41.8 Å². The first-order chi connectivity index (χ1) is 17.0. The van der Waals surface area contributed by atoms with Crippen molar-refractivity contribution in [2.45, 2.75) is 51.2 Å². The fraction of sp³-hybridized carbons (Fsp3) is 0.385. The largest absolute Gasteiger partial charge is 0.508 e. The van der Waals surface area contributed by atoms with Crippen molar-refractivity contribution in [2.75, 3.05) is 6.54 Å². The fourth-order valence-corrected chi connectivity index (χ4v) is 3.57. The Hall–Kier alpha value is -3.92. The Bertz CT molecular complexity index is 1030. The quantitative estimate of drug-likeness (QED) is 0.229. The molecule has 0 aliphatic carbocycles. The van der Waals surface area contributed by atoms with Crippen molar-refractivity contribution in [3.63, 3.8) is 0 Å². The molecule has 10 heteroatoms. The van der Waals surface area contributed by atoms with Gasteiger partial charge < -0.3 is 32.5 Å². The number of hydrogen-bond donors (Lipinski definition) is 6. The number of rotatable bonds is 13. The van der Waals surface area contributed by atoms with Gasteiger partial charge in [0.05, 0.1) is 12.6 Å². The van der Waals surface area contributed by atoms with Gasteiger partial charge in [-0.25, -0.2) is 0 Å². The number of aromatic hydroxyl groups is 1. The van der Waals surface area contributed by atoms with E-state index in [9.17, 15) is 24.3 Å². The van der Waals surface area contributed by atoms with E-state index in [2.05, 4.69) is 16.0 Å². The molecule has 2 aromatic rings. The Morgan fingerprint density at radius 1 is 0.833 bits per heavy atom. The molecule has 2 aromatic carbocycles. The predicted octanol–water partition coefficient (Wildman–Crippen LogP) is 0.122. The third kappa shape index (κ3) is 9.75. The number of nitrogens with one attached hydrogen (secondary N) is 3. The van der Waals surface area contributed by atoms with Crippen molar-refractivity contribution in [1.82, 2.24) is 16.0 Å². The van der Waals surface area contributed by atoms with Crippen molar-refractivity contribution in [2.24, 2.45) is 17.4 Å². The number of carbonyl (C=O) groups excluding carboxylic acids is 4. The van der Waals surface area contributed by atoms with Crippen molar-refractivity contribution in [1.29, 1.82) is 0 Å². The van der Waals surface area contributed by atoms with Gasteiger partial charge in [0, 0.05) is 6.42 Å². The maximum absolute atomic E-state index is 12.9. The third-order valence-electron chi connectivity index (χ3n) is 5.45. The number of benzene rings is 2. The SMILES string of the molecule is CC(C)CC(NC(=O)CNC(=O)C(N)Cc1ccc(O)cc1)C(=O)NC(Cc1ccccc1)C(N)=O. The Balaban J connectivity index is 1.92. The van der Waals surface area contributed by atoms with Gasteiger partial charge in [-0.05, 0) is 42.0 Å². The lowest BCUT2D eigenvalue weighted by Gasteiger charge is -2.23. The van der Waals surface area contributed by atoms with Gasteiger partial charge in [-0.3, -0.25) is 19.2 Å². The zero-order valence-electron chi connectivity index (χ0n) is 20.6. The van der Waals surface area contributed by atoms with E-state index in [0.717, 1.165) is 11.1 Å². The van der Waals surface area contributed by atoms with Gasteiger partial charge in [-0.2, -0.15) is 0 Å². The second-order valence-electron chi connectivity index (χ2n) is 9.10. The maximum atomic E-state index is 12.9. The molecule has 0 bridgehead atoms. The minimum Gasteiger partial charge on any atom is -0.508 e. The van der Waals surface area contributed by atoms with Crippen LogP contribution in [0.25, 0.3) is 0 Å². The topological polar surface area (TPSA) is 177 Å². The number of amides is 4. The molecule has 3 unspecified atom stereocenters. The van der Waals surface area contributed by atoms with Crippen LogP contribution in [-0.4, -0.2) is 53.4 Å². The molecule has 0 fully saturated rings. The monoisotopic (exact) mass is 497 g/mol. The van der Waals surface area contributed by atoms with Crippen LogP contribution in [0.1, 0.15) is 31.4 Å². The molecule has 10 nitrogen and oxygen atoms in total. The number of primary amides is 1. The van der Waals surface area contributed by atoms with Gasteiger partial charge in [0.2, 0.25) is 23.6 Å². The summed E-state index contributed by atoms with van der Waals surface area (Å²) in [6.45, 7) is 3.42. The Labute approximate surface area is 210 Å². The average molecular weight is 498 g/mol. The first-order valence-electron chi connectivity index (χ1n) is 11.8. The van der Waals surface area contributed by atoms with Crippen LogP contribution in [0.15, 0.2) is 54.6 Å². The second-order valence-corrected chi connectivity index (χ2v) is 9.10. The first kappa shape index (κ1) is 28.3. The molecule has 3 atom stereocenters. The molecular formula is C26H35N5O5. The summed E-state index contributed by atoms with van der Waals surface area (Å²) in [5.74, 6) is -2.14. The van der Waals surface area contributed by atoms with Gasteiger partial charge in [-0.1, -0.05) is 56.3 Å². The molecule has 0 aromatic heterocycles. The zero-order chi connectivity index (χ0) is 26.7. The third-order valence-corrected chi connectivity index (χ3v) is 5.45. The van der Waals surface area contributed by atoms with Crippen LogP contribution in [0, 0.1) is 5.92 Å². The van der Waals surface area contributed by atoms with E-state index in [1.54, 1.807) is 12.1 Å². The summed E-state index contributed by atoms with van der Waals surface area (Å²) < 4.78 is 0. The van der Waals surface area contributed by atoms with Crippen LogP contribution < -0.4 is 27.4 Å². The summed E-state index contributed by atoms with van der Waals surface area (Å²) in [6, 6.07) is 12.7. The van der Waals surface area contributed by atoms with Crippen molar-refractivity contribution in [3.8, 4) is 5.75 Å². The Morgan fingerprint density at radius 3 is 2.03 bits per heavy atom. The molecule has 8 N–H and O–H groups in total. The number of phenols is 1.